The number of hydrogen-bond acceptors (Lipinski definition) is 4. The van der Waals surface area contributed by atoms with Gasteiger partial charge in [0.1, 0.15) is 0 Å². The molecule has 5 heteroatoms. The molecule has 0 bridgehead atoms. The van der Waals surface area contributed by atoms with Crippen LogP contribution < -0.4 is 5.73 Å². The first kappa shape index (κ1) is 10.3. The number of aromatic carboxylic acids is 1. The lowest BCUT2D eigenvalue weighted by Crippen LogP contribution is -2.30. The Labute approximate surface area is 91.4 Å². The molecule has 1 fully saturated rings. The largest absolute Gasteiger partial charge is 0.478 e. The third-order valence-corrected chi connectivity index (χ3v) is 3.41. The molecule has 80 valence electrons. The second kappa shape index (κ2) is 4.12. The first-order valence-electron chi connectivity index (χ1n) is 4.54. The molecule has 1 aromatic rings. The highest BCUT2D eigenvalue weighted by molar-refractivity contribution is 8.00. The number of carboxylic acids is 1. The van der Waals surface area contributed by atoms with E-state index in [0.717, 1.165) is 4.90 Å². The van der Waals surface area contributed by atoms with Gasteiger partial charge in [-0.15, -0.1) is 11.8 Å². The molecule has 1 aromatic carbocycles. The monoisotopic (exact) mass is 225 g/mol. The Kier molecular flexibility index (Phi) is 2.83. The highest BCUT2D eigenvalue weighted by Gasteiger charge is 2.21. The van der Waals surface area contributed by atoms with E-state index in [-0.39, 0.29) is 5.56 Å². The van der Waals surface area contributed by atoms with Crippen LogP contribution in [0.25, 0.3) is 0 Å². The van der Waals surface area contributed by atoms with E-state index >= 15 is 0 Å². The molecule has 0 saturated carbocycles. The van der Waals surface area contributed by atoms with Crippen molar-refractivity contribution in [2.45, 2.75) is 10.1 Å². The lowest BCUT2D eigenvalue weighted by Gasteiger charge is -2.25. The van der Waals surface area contributed by atoms with E-state index in [1.807, 2.05) is 6.07 Å². The third kappa shape index (κ3) is 2.08. The summed E-state index contributed by atoms with van der Waals surface area (Å²) in [7, 11) is 0. The fourth-order valence-corrected chi connectivity index (χ4v) is 2.38. The predicted molar refractivity (Wildman–Crippen MR) is 58.3 cm³/mol. The number of rotatable bonds is 3. The molecule has 2 rings (SSSR count). The topological polar surface area (TPSA) is 72.5 Å². The van der Waals surface area contributed by atoms with Gasteiger partial charge < -0.3 is 15.6 Å². The second-order valence-corrected chi connectivity index (χ2v) is 4.64. The fraction of sp³-hybridized carbons (Fsp3) is 0.300. The summed E-state index contributed by atoms with van der Waals surface area (Å²) in [5.74, 6) is -0.986. The fourth-order valence-electron chi connectivity index (χ4n) is 1.29. The van der Waals surface area contributed by atoms with E-state index < -0.39 is 5.97 Å². The van der Waals surface area contributed by atoms with E-state index in [0.29, 0.717) is 24.2 Å². The van der Waals surface area contributed by atoms with Gasteiger partial charge in [0.05, 0.1) is 29.7 Å². The molecule has 4 nitrogen and oxygen atoms in total. The maximum Gasteiger partial charge on any atom is 0.337 e. The summed E-state index contributed by atoms with van der Waals surface area (Å²) in [4.78, 5) is 11.7. The van der Waals surface area contributed by atoms with Crippen LogP contribution in [0, 0.1) is 0 Å². The summed E-state index contributed by atoms with van der Waals surface area (Å²) in [6.45, 7) is 1.42. The van der Waals surface area contributed by atoms with Crippen molar-refractivity contribution < 1.29 is 14.6 Å². The van der Waals surface area contributed by atoms with Gasteiger partial charge in [0, 0.05) is 4.90 Å². The average Bonchev–Trinajstić information content (AvgIpc) is 2.13. The molecule has 0 radical (unpaired) electrons. The predicted octanol–water partition coefficient (Wildman–Crippen LogP) is 1.46. The number of para-hydroxylation sites is 1. The van der Waals surface area contributed by atoms with Crippen LogP contribution in [0.4, 0.5) is 5.69 Å². The number of hydrogen-bond donors (Lipinski definition) is 2. The Morgan fingerprint density at radius 1 is 1.53 bits per heavy atom. The summed E-state index contributed by atoms with van der Waals surface area (Å²) in [6, 6.07) is 5.06. The molecule has 0 spiro atoms. The zero-order valence-corrected chi connectivity index (χ0v) is 8.79. The van der Waals surface area contributed by atoms with Gasteiger partial charge in [-0.1, -0.05) is 6.07 Å². The molecule has 0 atom stereocenters. The van der Waals surface area contributed by atoms with Crippen molar-refractivity contribution in [2.75, 3.05) is 18.9 Å². The van der Waals surface area contributed by atoms with Crippen LogP contribution in [0.2, 0.25) is 0 Å². The number of anilines is 1. The van der Waals surface area contributed by atoms with Gasteiger partial charge in [0.15, 0.2) is 0 Å². The summed E-state index contributed by atoms with van der Waals surface area (Å²) in [5, 5.41) is 9.28. The number of benzene rings is 1. The van der Waals surface area contributed by atoms with E-state index in [1.54, 1.807) is 17.8 Å². The van der Waals surface area contributed by atoms with Crippen molar-refractivity contribution in [1.82, 2.24) is 0 Å². The van der Waals surface area contributed by atoms with Gasteiger partial charge in [-0.2, -0.15) is 0 Å². The SMILES string of the molecule is Nc1c(SC2COC2)cccc1C(=O)O. The van der Waals surface area contributed by atoms with Crippen molar-refractivity contribution in [3.8, 4) is 0 Å². The van der Waals surface area contributed by atoms with Crippen LogP contribution in [0.15, 0.2) is 23.1 Å². The molecule has 0 unspecified atom stereocenters. The van der Waals surface area contributed by atoms with E-state index in [9.17, 15) is 4.79 Å². The Bertz CT molecular complexity index is 390. The lowest BCUT2D eigenvalue weighted by molar-refractivity contribution is 0.0455. The summed E-state index contributed by atoms with van der Waals surface area (Å²) >= 11 is 1.58. The zero-order valence-electron chi connectivity index (χ0n) is 7.97. The minimum atomic E-state index is -0.986. The molecule has 1 aliphatic heterocycles. The Morgan fingerprint density at radius 2 is 2.27 bits per heavy atom. The molecule has 0 amide bonds. The molecule has 1 aliphatic rings. The Balaban J connectivity index is 2.22. The molecule has 3 N–H and O–H groups in total. The standard InChI is InChI=1S/C10H11NO3S/c11-9-7(10(12)13)2-1-3-8(9)15-6-4-14-5-6/h1-3,6H,4-5,11H2,(H,12,13). The molecule has 1 saturated heterocycles. The molecule has 15 heavy (non-hydrogen) atoms. The van der Waals surface area contributed by atoms with E-state index in [2.05, 4.69) is 0 Å². The smallest absolute Gasteiger partial charge is 0.337 e. The van der Waals surface area contributed by atoms with Crippen molar-refractivity contribution in [3.63, 3.8) is 0 Å². The van der Waals surface area contributed by atoms with Crippen molar-refractivity contribution in [3.05, 3.63) is 23.8 Å². The van der Waals surface area contributed by atoms with Crippen molar-refractivity contribution in [1.29, 1.82) is 0 Å². The van der Waals surface area contributed by atoms with Crippen LogP contribution in [-0.2, 0) is 4.74 Å². The quantitative estimate of drug-likeness (QED) is 0.762. The van der Waals surface area contributed by atoms with Crippen LogP contribution >= 0.6 is 11.8 Å². The van der Waals surface area contributed by atoms with Gasteiger partial charge in [0.25, 0.3) is 0 Å². The second-order valence-electron chi connectivity index (χ2n) is 3.30. The summed E-state index contributed by atoms with van der Waals surface area (Å²) < 4.78 is 5.05. The minimum Gasteiger partial charge on any atom is -0.478 e. The first-order chi connectivity index (χ1) is 7.18. The van der Waals surface area contributed by atoms with Crippen LogP contribution in [0.5, 0.6) is 0 Å². The number of ether oxygens (including phenoxy) is 1. The number of carboxylic acid groups (broad SMARTS) is 1. The normalized spacial score (nSPS) is 16.0. The molecular weight excluding hydrogens is 214 g/mol. The molecule has 0 aromatic heterocycles. The molecular formula is C10H11NO3S. The zero-order chi connectivity index (χ0) is 10.8. The molecule has 0 aliphatic carbocycles. The summed E-state index contributed by atoms with van der Waals surface area (Å²) in [5.41, 5.74) is 6.28. The van der Waals surface area contributed by atoms with E-state index in [1.165, 1.54) is 6.07 Å². The van der Waals surface area contributed by atoms with Crippen molar-refractivity contribution >= 4 is 23.4 Å². The Morgan fingerprint density at radius 3 is 2.80 bits per heavy atom. The Hall–Kier alpha value is -1.20. The van der Waals surface area contributed by atoms with Crippen molar-refractivity contribution in [2.24, 2.45) is 0 Å². The van der Waals surface area contributed by atoms with Gasteiger partial charge >= 0.3 is 5.97 Å². The summed E-state index contributed by atoms with van der Waals surface area (Å²) in [6.07, 6.45) is 0. The number of nitrogens with two attached hydrogens (primary N) is 1. The highest BCUT2D eigenvalue weighted by atomic mass is 32.2. The van der Waals surface area contributed by atoms with Crippen LogP contribution in [0.1, 0.15) is 10.4 Å². The molecule has 1 heterocycles. The van der Waals surface area contributed by atoms with E-state index in [4.69, 9.17) is 15.6 Å². The number of carbonyl (C=O) groups is 1. The minimum absolute atomic E-state index is 0.167. The maximum absolute atomic E-state index is 10.8. The average molecular weight is 225 g/mol. The lowest BCUT2D eigenvalue weighted by atomic mass is 10.2. The first-order valence-corrected chi connectivity index (χ1v) is 5.42. The number of nitrogen functional groups attached to an aromatic ring is 1. The maximum atomic E-state index is 10.8. The van der Waals surface area contributed by atoms with Gasteiger partial charge in [-0.3, -0.25) is 0 Å². The number of thioether (sulfide) groups is 1. The van der Waals surface area contributed by atoms with Gasteiger partial charge in [0.2, 0.25) is 0 Å². The van der Waals surface area contributed by atoms with Crippen LogP contribution in [0.3, 0.4) is 0 Å². The third-order valence-electron chi connectivity index (χ3n) is 2.20. The highest BCUT2D eigenvalue weighted by Crippen LogP contribution is 2.33. The van der Waals surface area contributed by atoms with Gasteiger partial charge in [-0.05, 0) is 12.1 Å². The van der Waals surface area contributed by atoms with Gasteiger partial charge in [-0.25, -0.2) is 4.79 Å². The van der Waals surface area contributed by atoms with Crippen LogP contribution in [-0.4, -0.2) is 29.5 Å².